The Morgan fingerprint density at radius 3 is 2.94 bits per heavy atom. The van der Waals surface area contributed by atoms with Crippen LogP contribution in [0.5, 0.6) is 0 Å². The van der Waals surface area contributed by atoms with E-state index in [2.05, 4.69) is 18.5 Å². The van der Waals surface area contributed by atoms with Crippen LogP contribution in [0.3, 0.4) is 0 Å². The molecule has 0 aliphatic heterocycles. The molecule has 1 saturated carbocycles. The van der Waals surface area contributed by atoms with Gasteiger partial charge in [-0.05, 0) is 25.5 Å². The first-order valence-electron chi connectivity index (χ1n) is 6.27. The maximum absolute atomic E-state index is 11.8. The Morgan fingerprint density at radius 1 is 1.56 bits per heavy atom. The van der Waals surface area contributed by atoms with Crippen molar-refractivity contribution >= 4 is 17.7 Å². The molecule has 1 aliphatic rings. The van der Waals surface area contributed by atoms with E-state index in [0.29, 0.717) is 11.3 Å². The average Bonchev–Trinajstić information content (AvgIpc) is 2.72. The lowest BCUT2D eigenvalue weighted by Crippen LogP contribution is -2.47. The van der Waals surface area contributed by atoms with Crippen molar-refractivity contribution in [2.45, 2.75) is 62.8 Å². The van der Waals surface area contributed by atoms with Gasteiger partial charge in [0.25, 0.3) is 0 Å². The van der Waals surface area contributed by atoms with E-state index < -0.39 is 0 Å². The number of nitrogens with two attached hydrogens (primary N) is 1. The summed E-state index contributed by atoms with van der Waals surface area (Å²) in [5, 5.41) is 3.69. The second-order valence-corrected chi connectivity index (χ2v) is 5.65. The minimum Gasteiger partial charge on any atom is -0.351 e. The van der Waals surface area contributed by atoms with Crippen molar-refractivity contribution in [1.29, 1.82) is 0 Å². The molecule has 1 fully saturated rings. The van der Waals surface area contributed by atoms with Crippen molar-refractivity contribution in [1.82, 2.24) is 5.32 Å². The largest absolute Gasteiger partial charge is 0.351 e. The smallest absolute Gasteiger partial charge is 0.237 e. The normalized spacial score (nSPS) is 26.7. The monoisotopic (exact) mass is 244 g/mol. The molecule has 1 amide bonds. The Morgan fingerprint density at radius 2 is 2.31 bits per heavy atom. The standard InChI is InChI=1S/C12H24N2OS/c1-3-4-6-9(13)12(15)14-10-7-5-8-11(10)16-2/h9-11H,3-8,13H2,1-2H3,(H,14,15)/t9-,10?,11?/m0/s1. The molecule has 4 heteroatoms. The molecule has 1 rings (SSSR count). The van der Waals surface area contributed by atoms with Gasteiger partial charge in [0.1, 0.15) is 0 Å². The fraction of sp³-hybridized carbons (Fsp3) is 0.917. The number of amides is 1. The van der Waals surface area contributed by atoms with Gasteiger partial charge in [0.2, 0.25) is 5.91 Å². The minimum atomic E-state index is -0.317. The summed E-state index contributed by atoms with van der Waals surface area (Å²) in [6.45, 7) is 2.12. The lowest BCUT2D eigenvalue weighted by Gasteiger charge is -2.21. The SMILES string of the molecule is CCCC[C@H](N)C(=O)NC1CCCC1SC. The van der Waals surface area contributed by atoms with E-state index in [4.69, 9.17) is 5.73 Å². The summed E-state index contributed by atoms with van der Waals surface area (Å²) in [7, 11) is 0. The van der Waals surface area contributed by atoms with Gasteiger partial charge in [0.05, 0.1) is 6.04 Å². The Bertz CT molecular complexity index is 223. The first kappa shape index (κ1) is 13.8. The fourth-order valence-corrected chi connectivity index (χ4v) is 3.15. The van der Waals surface area contributed by atoms with Gasteiger partial charge in [0, 0.05) is 11.3 Å². The van der Waals surface area contributed by atoms with Gasteiger partial charge in [-0.25, -0.2) is 0 Å². The molecule has 3 N–H and O–H groups in total. The third kappa shape index (κ3) is 3.98. The lowest BCUT2D eigenvalue weighted by molar-refractivity contribution is -0.123. The van der Waals surface area contributed by atoms with E-state index in [1.54, 1.807) is 0 Å². The van der Waals surface area contributed by atoms with E-state index >= 15 is 0 Å². The molecular formula is C12H24N2OS. The number of thioether (sulfide) groups is 1. The van der Waals surface area contributed by atoms with Crippen LogP contribution in [-0.2, 0) is 4.79 Å². The number of hydrogen-bond donors (Lipinski definition) is 2. The number of rotatable bonds is 6. The second kappa shape index (κ2) is 7.17. The maximum Gasteiger partial charge on any atom is 0.237 e. The molecule has 0 aromatic rings. The molecule has 3 atom stereocenters. The van der Waals surface area contributed by atoms with Crippen LogP contribution >= 0.6 is 11.8 Å². The zero-order valence-electron chi connectivity index (χ0n) is 10.4. The Hall–Kier alpha value is -0.220. The van der Waals surface area contributed by atoms with Gasteiger partial charge < -0.3 is 11.1 Å². The van der Waals surface area contributed by atoms with E-state index in [0.717, 1.165) is 25.7 Å². The fourth-order valence-electron chi connectivity index (χ4n) is 2.22. The Kier molecular flexibility index (Phi) is 6.21. The summed E-state index contributed by atoms with van der Waals surface area (Å²) in [6, 6.07) is 0.0261. The second-order valence-electron chi connectivity index (χ2n) is 4.57. The number of nitrogens with one attached hydrogen (secondary N) is 1. The van der Waals surface area contributed by atoms with E-state index in [-0.39, 0.29) is 11.9 Å². The van der Waals surface area contributed by atoms with Crippen LogP contribution in [0.4, 0.5) is 0 Å². The highest BCUT2D eigenvalue weighted by atomic mass is 32.2. The first-order valence-corrected chi connectivity index (χ1v) is 7.56. The van der Waals surface area contributed by atoms with Crippen molar-refractivity contribution in [3.63, 3.8) is 0 Å². The van der Waals surface area contributed by atoms with Crippen molar-refractivity contribution in [2.75, 3.05) is 6.26 Å². The van der Waals surface area contributed by atoms with Crippen molar-refractivity contribution in [3.8, 4) is 0 Å². The highest BCUT2D eigenvalue weighted by Gasteiger charge is 2.28. The van der Waals surface area contributed by atoms with Crippen LogP contribution in [0.1, 0.15) is 45.4 Å². The highest BCUT2D eigenvalue weighted by molar-refractivity contribution is 7.99. The quantitative estimate of drug-likeness (QED) is 0.750. The summed E-state index contributed by atoms with van der Waals surface area (Å²) < 4.78 is 0. The van der Waals surface area contributed by atoms with Crippen molar-refractivity contribution in [2.24, 2.45) is 5.73 Å². The minimum absolute atomic E-state index is 0.0411. The molecule has 0 spiro atoms. The lowest BCUT2D eigenvalue weighted by atomic mass is 10.1. The predicted octanol–water partition coefficient (Wildman–Crippen LogP) is 1.90. The molecule has 0 heterocycles. The van der Waals surface area contributed by atoms with Crippen LogP contribution in [0.25, 0.3) is 0 Å². The molecule has 0 radical (unpaired) electrons. The van der Waals surface area contributed by atoms with E-state index in [1.165, 1.54) is 12.8 Å². The molecule has 0 aromatic carbocycles. The molecule has 0 bridgehead atoms. The van der Waals surface area contributed by atoms with Gasteiger partial charge in [-0.3, -0.25) is 4.79 Å². The van der Waals surface area contributed by atoms with E-state index in [1.807, 2.05) is 11.8 Å². The molecule has 2 unspecified atom stereocenters. The van der Waals surface area contributed by atoms with Gasteiger partial charge in [0.15, 0.2) is 0 Å². The zero-order chi connectivity index (χ0) is 12.0. The topological polar surface area (TPSA) is 55.1 Å². The van der Waals surface area contributed by atoms with Crippen LogP contribution < -0.4 is 11.1 Å². The van der Waals surface area contributed by atoms with Crippen molar-refractivity contribution in [3.05, 3.63) is 0 Å². The molecular weight excluding hydrogens is 220 g/mol. The average molecular weight is 244 g/mol. The Labute approximate surface area is 103 Å². The third-order valence-electron chi connectivity index (χ3n) is 3.29. The maximum atomic E-state index is 11.8. The number of hydrogen-bond acceptors (Lipinski definition) is 3. The summed E-state index contributed by atoms with van der Waals surface area (Å²) in [6.07, 6.45) is 8.60. The summed E-state index contributed by atoms with van der Waals surface area (Å²) in [5.41, 5.74) is 5.85. The number of carbonyl (C=O) groups is 1. The molecule has 0 saturated heterocycles. The zero-order valence-corrected chi connectivity index (χ0v) is 11.2. The molecule has 94 valence electrons. The van der Waals surface area contributed by atoms with Crippen LogP contribution in [-0.4, -0.2) is 29.5 Å². The van der Waals surface area contributed by atoms with Crippen LogP contribution in [0, 0.1) is 0 Å². The Balaban J connectivity index is 2.32. The van der Waals surface area contributed by atoms with Gasteiger partial charge in [-0.2, -0.15) is 11.8 Å². The first-order chi connectivity index (χ1) is 7.69. The van der Waals surface area contributed by atoms with Gasteiger partial charge in [-0.1, -0.05) is 26.2 Å². The number of carbonyl (C=O) groups excluding carboxylic acids is 1. The van der Waals surface area contributed by atoms with Crippen LogP contribution in [0.15, 0.2) is 0 Å². The highest BCUT2D eigenvalue weighted by Crippen LogP contribution is 2.28. The molecule has 16 heavy (non-hydrogen) atoms. The van der Waals surface area contributed by atoms with Gasteiger partial charge in [-0.15, -0.1) is 0 Å². The number of unbranched alkanes of at least 4 members (excludes halogenated alkanes) is 1. The molecule has 0 aromatic heterocycles. The molecule has 3 nitrogen and oxygen atoms in total. The van der Waals surface area contributed by atoms with Crippen molar-refractivity contribution < 1.29 is 4.79 Å². The third-order valence-corrected chi connectivity index (χ3v) is 4.46. The van der Waals surface area contributed by atoms with Gasteiger partial charge >= 0.3 is 0 Å². The predicted molar refractivity (Wildman–Crippen MR) is 70.6 cm³/mol. The summed E-state index contributed by atoms with van der Waals surface area (Å²) >= 11 is 1.86. The van der Waals surface area contributed by atoms with Crippen LogP contribution in [0.2, 0.25) is 0 Å². The summed E-state index contributed by atoms with van der Waals surface area (Å²) in [5.74, 6) is 0.0411. The van der Waals surface area contributed by atoms with E-state index in [9.17, 15) is 4.79 Å². The molecule has 1 aliphatic carbocycles. The summed E-state index contributed by atoms with van der Waals surface area (Å²) in [4.78, 5) is 11.8.